The van der Waals surface area contributed by atoms with Gasteiger partial charge in [-0.1, -0.05) is 18.2 Å². The summed E-state index contributed by atoms with van der Waals surface area (Å²) in [4.78, 5) is 19.4. The first-order valence-electron chi connectivity index (χ1n) is 5.93. The molecule has 1 aromatic heterocycles. The van der Waals surface area contributed by atoms with Crippen LogP contribution in [-0.4, -0.2) is 29.8 Å². The molecule has 4 nitrogen and oxygen atoms in total. The Hall–Kier alpha value is -2.10. The van der Waals surface area contributed by atoms with Crippen molar-refractivity contribution in [1.82, 2.24) is 4.98 Å². The molecule has 0 radical (unpaired) electrons. The molecule has 1 atom stereocenters. The summed E-state index contributed by atoms with van der Waals surface area (Å²) in [5.41, 5.74) is 4.18. The molecule has 92 valence electrons. The number of para-hydroxylation sites is 1. The summed E-state index contributed by atoms with van der Waals surface area (Å²) in [6.07, 6.45) is 0.577. The number of methoxy groups -OCH3 is 1. The first kappa shape index (κ1) is 11.0. The molecule has 4 heteroatoms. The van der Waals surface area contributed by atoms with Crippen molar-refractivity contribution >= 4 is 22.6 Å². The minimum Gasteiger partial charge on any atom is -0.467 e. The molecular formula is C14H14N2O2. The quantitative estimate of drug-likeness (QED) is 0.778. The number of hydrogen-bond acceptors (Lipinski definition) is 3. The van der Waals surface area contributed by atoms with Crippen molar-refractivity contribution in [3.05, 3.63) is 35.5 Å². The topological polar surface area (TPSA) is 54.5 Å². The minimum atomic E-state index is -0.421. The third-order valence-corrected chi connectivity index (χ3v) is 3.37. The second-order valence-electron chi connectivity index (χ2n) is 4.48. The van der Waals surface area contributed by atoms with Gasteiger partial charge in [0.1, 0.15) is 0 Å². The van der Waals surface area contributed by atoms with E-state index in [1.54, 1.807) is 0 Å². The molecule has 0 fully saturated rings. The van der Waals surface area contributed by atoms with E-state index in [1.807, 2.05) is 25.1 Å². The van der Waals surface area contributed by atoms with Gasteiger partial charge in [0.25, 0.3) is 0 Å². The Morgan fingerprint density at radius 1 is 1.44 bits per heavy atom. The van der Waals surface area contributed by atoms with E-state index in [0.29, 0.717) is 6.42 Å². The van der Waals surface area contributed by atoms with E-state index in [9.17, 15) is 4.79 Å². The second kappa shape index (κ2) is 3.98. The van der Waals surface area contributed by atoms with Crippen molar-refractivity contribution in [1.29, 1.82) is 0 Å². The van der Waals surface area contributed by atoms with E-state index in [2.05, 4.69) is 16.0 Å². The third kappa shape index (κ3) is 1.53. The lowest BCUT2D eigenvalue weighted by atomic mass is 9.98. The number of rotatable bonds is 1. The van der Waals surface area contributed by atoms with Crippen molar-refractivity contribution in [3.8, 4) is 0 Å². The highest BCUT2D eigenvalue weighted by Crippen LogP contribution is 2.28. The molecule has 1 aliphatic heterocycles. The number of carbonyl (C=O) groups is 1. The van der Waals surface area contributed by atoms with Crippen LogP contribution >= 0.6 is 0 Å². The molecule has 0 bridgehead atoms. The Bertz CT molecular complexity index is 655. The van der Waals surface area contributed by atoms with Gasteiger partial charge >= 0.3 is 5.97 Å². The average molecular weight is 242 g/mol. The average Bonchev–Trinajstić information content (AvgIpc) is 2.76. The third-order valence-electron chi connectivity index (χ3n) is 3.37. The Morgan fingerprint density at radius 3 is 3.00 bits per heavy atom. The number of nitrogens with one attached hydrogen (secondary N) is 1. The zero-order chi connectivity index (χ0) is 12.7. The van der Waals surface area contributed by atoms with Crippen LogP contribution in [0, 0.1) is 0 Å². The number of aromatic amines is 1. The van der Waals surface area contributed by atoms with E-state index in [1.165, 1.54) is 7.11 Å². The number of esters is 1. The number of fused-ring (bicyclic) bond motifs is 3. The molecule has 2 aromatic rings. The molecule has 0 spiro atoms. The molecule has 0 amide bonds. The molecule has 1 aromatic carbocycles. The van der Waals surface area contributed by atoms with Gasteiger partial charge in [-0.2, -0.15) is 0 Å². The maximum absolute atomic E-state index is 11.6. The number of carbonyl (C=O) groups excluding carboxylic acids is 1. The van der Waals surface area contributed by atoms with E-state index in [0.717, 1.165) is 27.9 Å². The summed E-state index contributed by atoms with van der Waals surface area (Å²) >= 11 is 0. The van der Waals surface area contributed by atoms with Crippen LogP contribution in [0.2, 0.25) is 0 Å². The fraction of sp³-hybridized carbons (Fsp3) is 0.286. The van der Waals surface area contributed by atoms with Gasteiger partial charge in [0.2, 0.25) is 0 Å². The Morgan fingerprint density at radius 2 is 2.22 bits per heavy atom. The SMILES string of the molecule is COC(=O)C1Cc2[nH]c3ccccc3c2C(C)=N1. The highest BCUT2D eigenvalue weighted by Gasteiger charge is 2.27. The number of benzene rings is 1. The fourth-order valence-electron chi connectivity index (χ4n) is 2.57. The van der Waals surface area contributed by atoms with Gasteiger partial charge in [-0.25, -0.2) is 4.79 Å². The molecule has 18 heavy (non-hydrogen) atoms. The molecule has 3 rings (SSSR count). The lowest BCUT2D eigenvalue weighted by Crippen LogP contribution is -2.28. The van der Waals surface area contributed by atoms with Gasteiger partial charge in [0, 0.05) is 34.3 Å². The molecule has 1 N–H and O–H groups in total. The Balaban J connectivity index is 2.14. The first-order valence-corrected chi connectivity index (χ1v) is 5.93. The van der Waals surface area contributed by atoms with Crippen LogP contribution in [0.4, 0.5) is 0 Å². The predicted molar refractivity (Wildman–Crippen MR) is 70.0 cm³/mol. The fourth-order valence-corrected chi connectivity index (χ4v) is 2.57. The van der Waals surface area contributed by atoms with Crippen LogP contribution < -0.4 is 0 Å². The van der Waals surface area contributed by atoms with Crippen LogP contribution in [0.25, 0.3) is 10.9 Å². The smallest absolute Gasteiger partial charge is 0.330 e. The maximum atomic E-state index is 11.6. The summed E-state index contributed by atoms with van der Waals surface area (Å²) in [6.45, 7) is 1.94. The van der Waals surface area contributed by atoms with Gasteiger partial charge in [0.05, 0.1) is 7.11 Å². The minimum absolute atomic E-state index is 0.279. The van der Waals surface area contributed by atoms with E-state index < -0.39 is 6.04 Å². The van der Waals surface area contributed by atoms with Crippen LogP contribution in [0.1, 0.15) is 18.2 Å². The summed E-state index contributed by atoms with van der Waals surface area (Å²) in [5, 5.41) is 1.16. The van der Waals surface area contributed by atoms with Crippen molar-refractivity contribution < 1.29 is 9.53 Å². The zero-order valence-electron chi connectivity index (χ0n) is 10.4. The number of H-pyrrole nitrogens is 1. The van der Waals surface area contributed by atoms with Crippen LogP contribution in [-0.2, 0) is 16.0 Å². The number of aliphatic imine (C=N–C) groups is 1. The van der Waals surface area contributed by atoms with Crippen molar-refractivity contribution in [3.63, 3.8) is 0 Å². The summed E-state index contributed by atoms with van der Waals surface area (Å²) in [5.74, 6) is -0.279. The summed E-state index contributed by atoms with van der Waals surface area (Å²) < 4.78 is 4.77. The van der Waals surface area contributed by atoms with Gasteiger partial charge in [-0.15, -0.1) is 0 Å². The molecule has 1 aliphatic rings. The lowest BCUT2D eigenvalue weighted by Gasteiger charge is -2.17. The standard InChI is InChI=1S/C14H14N2O2/c1-8-13-9-5-3-4-6-10(9)16-11(13)7-12(15-8)14(17)18-2/h3-6,12,16H,7H2,1-2H3. The van der Waals surface area contributed by atoms with Crippen LogP contribution in [0.3, 0.4) is 0 Å². The normalized spacial score (nSPS) is 18.3. The number of ether oxygens (including phenoxy) is 1. The number of hydrogen-bond donors (Lipinski definition) is 1. The van der Waals surface area contributed by atoms with E-state index in [4.69, 9.17) is 4.74 Å². The summed E-state index contributed by atoms with van der Waals surface area (Å²) in [6, 6.07) is 7.69. The molecule has 0 aliphatic carbocycles. The molecule has 0 saturated carbocycles. The molecule has 2 heterocycles. The van der Waals surface area contributed by atoms with Gasteiger partial charge in [-0.05, 0) is 13.0 Å². The largest absolute Gasteiger partial charge is 0.467 e. The monoisotopic (exact) mass is 242 g/mol. The molecular weight excluding hydrogens is 228 g/mol. The number of aromatic nitrogens is 1. The van der Waals surface area contributed by atoms with E-state index in [-0.39, 0.29) is 5.97 Å². The molecule has 1 unspecified atom stereocenters. The van der Waals surface area contributed by atoms with Gasteiger partial charge < -0.3 is 9.72 Å². The predicted octanol–water partition coefficient (Wildman–Crippen LogP) is 2.07. The van der Waals surface area contributed by atoms with Crippen molar-refractivity contribution in [2.45, 2.75) is 19.4 Å². The Kier molecular flexibility index (Phi) is 2.44. The van der Waals surface area contributed by atoms with Crippen LogP contribution in [0.5, 0.6) is 0 Å². The summed E-state index contributed by atoms with van der Waals surface area (Å²) in [7, 11) is 1.40. The first-order chi connectivity index (χ1) is 8.70. The highest BCUT2D eigenvalue weighted by molar-refractivity contribution is 6.12. The Labute approximate surface area is 105 Å². The second-order valence-corrected chi connectivity index (χ2v) is 4.48. The number of nitrogens with zero attached hydrogens (tertiary/aromatic N) is 1. The van der Waals surface area contributed by atoms with Gasteiger partial charge in [0.15, 0.2) is 6.04 Å². The van der Waals surface area contributed by atoms with Crippen molar-refractivity contribution in [2.75, 3.05) is 7.11 Å². The zero-order valence-corrected chi connectivity index (χ0v) is 10.4. The maximum Gasteiger partial charge on any atom is 0.330 e. The van der Waals surface area contributed by atoms with E-state index >= 15 is 0 Å². The lowest BCUT2D eigenvalue weighted by molar-refractivity contribution is -0.142. The van der Waals surface area contributed by atoms with Gasteiger partial charge in [-0.3, -0.25) is 4.99 Å². The van der Waals surface area contributed by atoms with Crippen LogP contribution in [0.15, 0.2) is 29.3 Å². The van der Waals surface area contributed by atoms with Crippen molar-refractivity contribution in [2.24, 2.45) is 4.99 Å². The highest BCUT2D eigenvalue weighted by atomic mass is 16.5. The molecule has 0 saturated heterocycles.